The van der Waals surface area contributed by atoms with Crippen molar-refractivity contribution in [3.63, 3.8) is 0 Å². The minimum Gasteiger partial charge on any atom is -0.327 e. The Morgan fingerprint density at radius 3 is 2.88 bits per heavy atom. The van der Waals surface area contributed by atoms with E-state index in [1.807, 2.05) is 12.1 Å². The Kier molecular flexibility index (Phi) is 3.91. The molecule has 4 nitrogen and oxygen atoms in total. The number of hydrogen-bond acceptors (Lipinski definition) is 3. The molecule has 1 atom stereocenters. The molecule has 1 heterocycles. The van der Waals surface area contributed by atoms with Gasteiger partial charge in [-0.1, -0.05) is 28.9 Å². The number of aromatic nitrogens is 3. The standard InChI is InChI=1S/C12H15BrN4/c1-2-10(14)5-9-3-4-11(6-12(9)13)17-8-15-7-16-17/h3-4,6-8,10H,2,5,14H2,1H3. The van der Waals surface area contributed by atoms with Crippen molar-refractivity contribution in [1.82, 2.24) is 14.8 Å². The maximum Gasteiger partial charge on any atom is 0.138 e. The number of benzene rings is 1. The van der Waals surface area contributed by atoms with Crippen LogP contribution in [0.1, 0.15) is 18.9 Å². The molecule has 90 valence electrons. The van der Waals surface area contributed by atoms with Crippen LogP contribution in [0.2, 0.25) is 0 Å². The highest BCUT2D eigenvalue weighted by atomic mass is 79.9. The van der Waals surface area contributed by atoms with Crippen molar-refractivity contribution in [3.8, 4) is 5.69 Å². The van der Waals surface area contributed by atoms with Gasteiger partial charge in [-0.05, 0) is 30.5 Å². The zero-order valence-electron chi connectivity index (χ0n) is 9.68. The van der Waals surface area contributed by atoms with Gasteiger partial charge >= 0.3 is 0 Å². The van der Waals surface area contributed by atoms with Crippen LogP contribution in [0.15, 0.2) is 35.3 Å². The molecule has 0 saturated heterocycles. The largest absolute Gasteiger partial charge is 0.327 e. The predicted octanol–water partition coefficient (Wildman–Crippen LogP) is 2.31. The molecule has 0 spiro atoms. The van der Waals surface area contributed by atoms with Crippen molar-refractivity contribution in [2.24, 2.45) is 5.73 Å². The second kappa shape index (κ2) is 5.42. The van der Waals surface area contributed by atoms with E-state index in [1.165, 1.54) is 11.9 Å². The van der Waals surface area contributed by atoms with Crippen LogP contribution in [0.3, 0.4) is 0 Å². The van der Waals surface area contributed by atoms with Gasteiger partial charge in [-0.25, -0.2) is 9.67 Å². The molecule has 1 unspecified atom stereocenters. The van der Waals surface area contributed by atoms with Gasteiger partial charge < -0.3 is 5.73 Å². The van der Waals surface area contributed by atoms with Gasteiger partial charge in [0.15, 0.2) is 0 Å². The van der Waals surface area contributed by atoms with Crippen molar-refractivity contribution in [3.05, 3.63) is 40.9 Å². The summed E-state index contributed by atoms with van der Waals surface area (Å²) in [5.41, 5.74) is 8.17. The summed E-state index contributed by atoms with van der Waals surface area (Å²) in [5.74, 6) is 0. The lowest BCUT2D eigenvalue weighted by molar-refractivity contribution is 0.645. The number of halogens is 1. The molecule has 0 saturated carbocycles. The van der Waals surface area contributed by atoms with Gasteiger partial charge in [0.25, 0.3) is 0 Å². The first-order chi connectivity index (χ1) is 8.20. The summed E-state index contributed by atoms with van der Waals surface area (Å²) < 4.78 is 2.79. The minimum absolute atomic E-state index is 0.212. The molecule has 2 rings (SSSR count). The van der Waals surface area contributed by atoms with Gasteiger partial charge in [0.05, 0.1) is 5.69 Å². The molecule has 17 heavy (non-hydrogen) atoms. The van der Waals surface area contributed by atoms with Gasteiger partial charge in [-0.15, -0.1) is 0 Å². The predicted molar refractivity (Wildman–Crippen MR) is 71.0 cm³/mol. The molecular formula is C12H15BrN4. The normalized spacial score (nSPS) is 12.6. The quantitative estimate of drug-likeness (QED) is 0.941. The fraction of sp³-hybridized carbons (Fsp3) is 0.333. The van der Waals surface area contributed by atoms with Crippen molar-refractivity contribution in [1.29, 1.82) is 0 Å². The average molecular weight is 295 g/mol. The SMILES string of the molecule is CCC(N)Cc1ccc(-n2cncn2)cc1Br. The number of nitrogens with two attached hydrogens (primary N) is 1. The lowest BCUT2D eigenvalue weighted by Crippen LogP contribution is -2.21. The van der Waals surface area contributed by atoms with E-state index in [1.54, 1.807) is 11.0 Å². The first kappa shape index (κ1) is 12.3. The van der Waals surface area contributed by atoms with Crippen LogP contribution < -0.4 is 5.73 Å². The van der Waals surface area contributed by atoms with Gasteiger partial charge in [-0.2, -0.15) is 5.10 Å². The van der Waals surface area contributed by atoms with Gasteiger partial charge in [0.2, 0.25) is 0 Å². The summed E-state index contributed by atoms with van der Waals surface area (Å²) in [4.78, 5) is 3.93. The molecule has 2 aromatic rings. The highest BCUT2D eigenvalue weighted by Gasteiger charge is 2.07. The van der Waals surface area contributed by atoms with Crippen LogP contribution in [-0.4, -0.2) is 20.8 Å². The third-order valence-electron chi connectivity index (χ3n) is 2.73. The maximum absolute atomic E-state index is 5.96. The number of nitrogens with zero attached hydrogens (tertiary/aromatic N) is 3. The molecule has 0 aliphatic carbocycles. The average Bonchev–Trinajstić information content (AvgIpc) is 2.85. The second-order valence-electron chi connectivity index (χ2n) is 3.99. The van der Waals surface area contributed by atoms with Crippen LogP contribution in [-0.2, 0) is 6.42 Å². The Morgan fingerprint density at radius 1 is 1.47 bits per heavy atom. The molecule has 0 aliphatic rings. The van der Waals surface area contributed by atoms with Gasteiger partial charge in [0, 0.05) is 10.5 Å². The Hall–Kier alpha value is -1.20. The summed E-state index contributed by atoms with van der Waals surface area (Å²) in [6.45, 7) is 2.10. The lowest BCUT2D eigenvalue weighted by atomic mass is 10.0. The minimum atomic E-state index is 0.212. The number of hydrogen-bond donors (Lipinski definition) is 1. The molecular weight excluding hydrogens is 280 g/mol. The highest BCUT2D eigenvalue weighted by molar-refractivity contribution is 9.10. The summed E-state index contributed by atoms with van der Waals surface area (Å²) in [5, 5.41) is 4.09. The van der Waals surface area contributed by atoms with Gasteiger partial charge in [0.1, 0.15) is 12.7 Å². The van der Waals surface area contributed by atoms with E-state index in [0.29, 0.717) is 0 Å². The van der Waals surface area contributed by atoms with E-state index < -0.39 is 0 Å². The molecule has 0 aliphatic heterocycles. The van der Waals surface area contributed by atoms with Crippen molar-refractivity contribution < 1.29 is 0 Å². The molecule has 5 heteroatoms. The zero-order valence-corrected chi connectivity index (χ0v) is 11.3. The topological polar surface area (TPSA) is 56.7 Å². The Bertz CT molecular complexity index is 481. The van der Waals surface area contributed by atoms with Crippen molar-refractivity contribution in [2.75, 3.05) is 0 Å². The highest BCUT2D eigenvalue weighted by Crippen LogP contribution is 2.21. The van der Waals surface area contributed by atoms with Crippen LogP contribution in [0.5, 0.6) is 0 Å². The lowest BCUT2D eigenvalue weighted by Gasteiger charge is -2.11. The monoisotopic (exact) mass is 294 g/mol. The molecule has 1 aromatic heterocycles. The second-order valence-corrected chi connectivity index (χ2v) is 4.84. The van der Waals surface area contributed by atoms with E-state index in [-0.39, 0.29) is 6.04 Å². The van der Waals surface area contributed by atoms with Crippen LogP contribution in [0.25, 0.3) is 5.69 Å². The number of rotatable bonds is 4. The van der Waals surface area contributed by atoms with E-state index >= 15 is 0 Å². The molecule has 2 N–H and O–H groups in total. The fourth-order valence-electron chi connectivity index (χ4n) is 1.61. The van der Waals surface area contributed by atoms with Crippen LogP contribution >= 0.6 is 15.9 Å². The summed E-state index contributed by atoms with van der Waals surface area (Å²) in [7, 11) is 0. The third kappa shape index (κ3) is 2.92. The van der Waals surface area contributed by atoms with Crippen LogP contribution in [0.4, 0.5) is 0 Å². The maximum atomic E-state index is 5.96. The Balaban J connectivity index is 2.23. The fourth-order valence-corrected chi connectivity index (χ4v) is 2.14. The van der Waals surface area contributed by atoms with E-state index in [9.17, 15) is 0 Å². The van der Waals surface area contributed by atoms with Gasteiger partial charge in [-0.3, -0.25) is 0 Å². The van der Waals surface area contributed by atoms with E-state index in [4.69, 9.17) is 5.73 Å². The molecule has 0 fully saturated rings. The Morgan fingerprint density at radius 2 is 2.29 bits per heavy atom. The smallest absolute Gasteiger partial charge is 0.138 e. The molecule has 0 bridgehead atoms. The summed E-state index contributed by atoms with van der Waals surface area (Å²) in [6.07, 6.45) is 5.07. The molecule has 0 radical (unpaired) electrons. The third-order valence-corrected chi connectivity index (χ3v) is 3.46. The first-order valence-electron chi connectivity index (χ1n) is 5.59. The Labute approximate surface area is 109 Å². The van der Waals surface area contributed by atoms with Crippen molar-refractivity contribution in [2.45, 2.75) is 25.8 Å². The van der Waals surface area contributed by atoms with E-state index in [2.05, 4.69) is 39.0 Å². The van der Waals surface area contributed by atoms with Crippen molar-refractivity contribution >= 4 is 15.9 Å². The summed E-state index contributed by atoms with van der Waals surface area (Å²) >= 11 is 3.57. The molecule has 0 amide bonds. The summed E-state index contributed by atoms with van der Waals surface area (Å²) in [6, 6.07) is 6.35. The zero-order chi connectivity index (χ0) is 12.3. The molecule has 1 aromatic carbocycles. The first-order valence-corrected chi connectivity index (χ1v) is 6.39. The van der Waals surface area contributed by atoms with Crippen LogP contribution in [0, 0.1) is 0 Å². The van der Waals surface area contributed by atoms with E-state index in [0.717, 1.165) is 23.0 Å².